The Bertz CT molecular complexity index is 928. The van der Waals surface area contributed by atoms with Crippen molar-refractivity contribution in [2.45, 2.75) is 59.7 Å². The van der Waals surface area contributed by atoms with Crippen LogP contribution >= 0.6 is 11.6 Å². The highest BCUT2D eigenvalue weighted by Gasteiger charge is 2.31. The second-order valence-electron chi connectivity index (χ2n) is 8.98. The van der Waals surface area contributed by atoms with Crippen molar-refractivity contribution in [2.75, 3.05) is 19.7 Å². The third-order valence-electron chi connectivity index (χ3n) is 6.28. The van der Waals surface area contributed by atoms with Crippen molar-refractivity contribution in [3.8, 4) is 0 Å². The highest BCUT2D eigenvalue weighted by Crippen LogP contribution is 2.22. The summed E-state index contributed by atoms with van der Waals surface area (Å²) in [6.45, 7) is 10.8. The van der Waals surface area contributed by atoms with Crippen molar-refractivity contribution in [1.82, 2.24) is 14.8 Å². The lowest BCUT2D eigenvalue weighted by molar-refractivity contribution is -0.149. The molecule has 1 aliphatic rings. The SMILES string of the molecule is CCOC(=O)C1CCCN(C(=O)c2coc(CN(Cc3ccc(Cl)cc3)C(C)C(C)C)n2)C1. The molecule has 1 fully saturated rings. The van der Waals surface area contributed by atoms with Crippen LogP contribution in [0.3, 0.4) is 0 Å². The average Bonchev–Trinajstić information content (AvgIpc) is 3.27. The van der Waals surface area contributed by atoms with Crippen LogP contribution in [0.5, 0.6) is 0 Å². The molecule has 2 atom stereocenters. The lowest BCUT2D eigenvalue weighted by Crippen LogP contribution is -2.43. The first-order valence-electron chi connectivity index (χ1n) is 11.7. The van der Waals surface area contributed by atoms with E-state index in [9.17, 15) is 9.59 Å². The van der Waals surface area contributed by atoms with E-state index < -0.39 is 0 Å². The summed E-state index contributed by atoms with van der Waals surface area (Å²) in [5.41, 5.74) is 1.42. The van der Waals surface area contributed by atoms with E-state index in [1.165, 1.54) is 6.26 Å². The summed E-state index contributed by atoms with van der Waals surface area (Å²) in [6.07, 6.45) is 2.92. The standard InChI is InChI=1S/C25H34ClN3O4/c1-5-32-25(31)20-7-6-12-28(14-20)24(30)22-16-33-23(27-22)15-29(18(4)17(2)3)13-19-8-10-21(26)11-9-19/h8-11,16-18,20H,5-7,12-15H2,1-4H3. The number of benzene rings is 1. The second-order valence-corrected chi connectivity index (χ2v) is 9.42. The molecule has 1 aliphatic heterocycles. The van der Waals surface area contributed by atoms with E-state index in [2.05, 4.69) is 30.7 Å². The number of hydrogen-bond donors (Lipinski definition) is 0. The summed E-state index contributed by atoms with van der Waals surface area (Å²) < 4.78 is 10.8. The molecule has 2 aromatic rings. The van der Waals surface area contributed by atoms with Gasteiger partial charge in [0.25, 0.3) is 5.91 Å². The maximum atomic E-state index is 13.0. The fraction of sp³-hybridized carbons (Fsp3) is 0.560. The summed E-state index contributed by atoms with van der Waals surface area (Å²) in [5, 5.41) is 0.709. The Morgan fingerprint density at radius 2 is 1.97 bits per heavy atom. The molecule has 2 heterocycles. The molecule has 0 spiro atoms. The molecule has 0 bridgehead atoms. The van der Waals surface area contributed by atoms with E-state index in [0.717, 1.165) is 24.9 Å². The van der Waals surface area contributed by atoms with Crippen LogP contribution in [0.15, 0.2) is 34.9 Å². The van der Waals surface area contributed by atoms with Crippen LogP contribution in [-0.4, -0.2) is 52.4 Å². The molecule has 180 valence electrons. The molecule has 0 radical (unpaired) electrons. The Hall–Kier alpha value is -2.38. The summed E-state index contributed by atoms with van der Waals surface area (Å²) in [5.74, 6) is 0.201. The van der Waals surface area contributed by atoms with Crippen LogP contribution in [0.25, 0.3) is 0 Å². The second kappa shape index (κ2) is 11.7. The van der Waals surface area contributed by atoms with Crippen molar-refractivity contribution in [2.24, 2.45) is 11.8 Å². The summed E-state index contributed by atoms with van der Waals surface area (Å²) >= 11 is 6.03. The maximum Gasteiger partial charge on any atom is 0.310 e. The number of esters is 1. The Morgan fingerprint density at radius 1 is 1.24 bits per heavy atom. The lowest BCUT2D eigenvalue weighted by atomic mass is 9.98. The predicted molar refractivity (Wildman–Crippen MR) is 127 cm³/mol. The summed E-state index contributed by atoms with van der Waals surface area (Å²) in [4.78, 5) is 33.6. The number of likely N-dealkylation sites (tertiary alicyclic amines) is 1. The van der Waals surface area contributed by atoms with E-state index in [4.69, 9.17) is 20.8 Å². The number of halogens is 1. The first kappa shape index (κ1) is 25.2. The van der Waals surface area contributed by atoms with E-state index in [0.29, 0.717) is 43.1 Å². The molecule has 3 rings (SSSR count). The monoisotopic (exact) mass is 475 g/mol. The van der Waals surface area contributed by atoms with Gasteiger partial charge in [-0.25, -0.2) is 4.98 Å². The smallest absolute Gasteiger partial charge is 0.310 e. The largest absolute Gasteiger partial charge is 0.466 e. The highest BCUT2D eigenvalue weighted by molar-refractivity contribution is 6.30. The van der Waals surface area contributed by atoms with Crippen LogP contribution in [0.1, 0.15) is 62.5 Å². The Kier molecular flexibility index (Phi) is 8.92. The third-order valence-corrected chi connectivity index (χ3v) is 6.53. The third kappa shape index (κ3) is 6.81. The van der Waals surface area contributed by atoms with Gasteiger partial charge in [0.05, 0.1) is 19.1 Å². The fourth-order valence-electron chi connectivity index (χ4n) is 4.02. The zero-order valence-corrected chi connectivity index (χ0v) is 20.7. The minimum Gasteiger partial charge on any atom is -0.466 e. The normalized spacial score (nSPS) is 17.4. The molecule has 1 aromatic heterocycles. The van der Waals surface area contributed by atoms with Gasteiger partial charge in [0.1, 0.15) is 6.26 Å². The van der Waals surface area contributed by atoms with Gasteiger partial charge >= 0.3 is 5.97 Å². The molecule has 1 amide bonds. The molecule has 1 saturated heterocycles. The number of carbonyl (C=O) groups is 2. The molecule has 1 aromatic carbocycles. The van der Waals surface area contributed by atoms with Gasteiger partial charge in [-0.2, -0.15) is 0 Å². The number of oxazole rings is 1. The summed E-state index contributed by atoms with van der Waals surface area (Å²) in [7, 11) is 0. The maximum absolute atomic E-state index is 13.0. The number of nitrogens with zero attached hydrogens (tertiary/aromatic N) is 3. The van der Waals surface area contributed by atoms with Crippen LogP contribution in [-0.2, 0) is 22.6 Å². The predicted octanol–water partition coefficient (Wildman–Crippen LogP) is 4.79. The zero-order chi connectivity index (χ0) is 24.0. The van der Waals surface area contributed by atoms with Gasteiger partial charge in [-0.15, -0.1) is 0 Å². The average molecular weight is 476 g/mol. The minimum absolute atomic E-state index is 0.208. The van der Waals surface area contributed by atoms with E-state index in [-0.39, 0.29) is 29.5 Å². The molecule has 7 nitrogen and oxygen atoms in total. The number of aromatic nitrogens is 1. The van der Waals surface area contributed by atoms with Crippen molar-refractivity contribution in [1.29, 1.82) is 0 Å². The molecule has 0 saturated carbocycles. The van der Waals surface area contributed by atoms with E-state index in [1.54, 1.807) is 11.8 Å². The Morgan fingerprint density at radius 3 is 2.64 bits per heavy atom. The van der Waals surface area contributed by atoms with Crippen molar-refractivity contribution >= 4 is 23.5 Å². The Labute approximate surface area is 201 Å². The van der Waals surface area contributed by atoms with Gasteiger partial charge in [0, 0.05) is 30.7 Å². The van der Waals surface area contributed by atoms with E-state index in [1.807, 2.05) is 24.3 Å². The van der Waals surface area contributed by atoms with Crippen LogP contribution in [0.2, 0.25) is 5.02 Å². The summed E-state index contributed by atoms with van der Waals surface area (Å²) in [6, 6.07) is 8.09. The van der Waals surface area contributed by atoms with Gasteiger partial charge in [0.2, 0.25) is 5.89 Å². The minimum atomic E-state index is -0.282. The van der Waals surface area contributed by atoms with Gasteiger partial charge < -0.3 is 14.1 Å². The number of hydrogen-bond acceptors (Lipinski definition) is 6. The molecule has 8 heteroatoms. The van der Waals surface area contributed by atoms with Gasteiger partial charge in [-0.3, -0.25) is 14.5 Å². The molecule has 33 heavy (non-hydrogen) atoms. The quantitative estimate of drug-likeness (QED) is 0.485. The van der Waals surface area contributed by atoms with Crippen LogP contribution in [0, 0.1) is 11.8 Å². The van der Waals surface area contributed by atoms with Gasteiger partial charge in [0.15, 0.2) is 5.69 Å². The molecule has 0 N–H and O–H groups in total. The van der Waals surface area contributed by atoms with E-state index >= 15 is 0 Å². The number of rotatable bonds is 9. The fourth-order valence-corrected chi connectivity index (χ4v) is 4.15. The topological polar surface area (TPSA) is 75.9 Å². The number of amides is 1. The number of ether oxygens (including phenoxy) is 1. The first-order valence-corrected chi connectivity index (χ1v) is 12.0. The van der Waals surface area contributed by atoms with Crippen molar-refractivity contribution < 1.29 is 18.7 Å². The number of carbonyl (C=O) groups excluding carboxylic acids is 2. The molecule has 2 unspecified atom stereocenters. The van der Waals surface area contributed by atoms with Crippen molar-refractivity contribution in [3.63, 3.8) is 0 Å². The van der Waals surface area contributed by atoms with Gasteiger partial charge in [-0.1, -0.05) is 37.6 Å². The Balaban J connectivity index is 1.68. The molecule has 0 aliphatic carbocycles. The highest BCUT2D eigenvalue weighted by atomic mass is 35.5. The number of piperidine rings is 1. The van der Waals surface area contributed by atoms with Gasteiger partial charge in [-0.05, 0) is 50.3 Å². The van der Waals surface area contributed by atoms with Crippen LogP contribution in [0.4, 0.5) is 0 Å². The molecular formula is C25H34ClN3O4. The first-order chi connectivity index (χ1) is 15.8. The van der Waals surface area contributed by atoms with Crippen molar-refractivity contribution in [3.05, 3.63) is 52.7 Å². The molecular weight excluding hydrogens is 442 g/mol. The van der Waals surface area contributed by atoms with Crippen LogP contribution < -0.4 is 0 Å². The lowest BCUT2D eigenvalue weighted by Gasteiger charge is -2.31. The zero-order valence-electron chi connectivity index (χ0n) is 19.9.